The molecule has 136 valence electrons. The molecule has 3 aromatic rings. The largest absolute Gasteiger partial charge is 0.496 e. The molecule has 0 radical (unpaired) electrons. The van der Waals surface area contributed by atoms with Crippen molar-refractivity contribution in [3.8, 4) is 5.75 Å². The summed E-state index contributed by atoms with van der Waals surface area (Å²) in [5, 5.41) is 10.7. The van der Waals surface area contributed by atoms with Gasteiger partial charge in [0.1, 0.15) is 11.6 Å². The molecule has 7 nitrogen and oxygen atoms in total. The van der Waals surface area contributed by atoms with E-state index in [2.05, 4.69) is 26.3 Å². The van der Waals surface area contributed by atoms with E-state index in [4.69, 9.17) is 15.9 Å². The van der Waals surface area contributed by atoms with Crippen molar-refractivity contribution in [2.45, 2.75) is 13.1 Å². The van der Waals surface area contributed by atoms with Gasteiger partial charge in [-0.25, -0.2) is 4.98 Å². The average Bonchev–Trinajstić information content (AvgIpc) is 3.14. The molecule has 0 spiro atoms. The number of nitrogens with two attached hydrogens (primary N) is 1. The van der Waals surface area contributed by atoms with Gasteiger partial charge in [-0.3, -0.25) is 0 Å². The number of nitrogen functional groups attached to an aromatic ring is 1. The van der Waals surface area contributed by atoms with Gasteiger partial charge >= 0.3 is 0 Å². The molecule has 7 heteroatoms. The molecule has 0 atom stereocenters. The zero-order valence-corrected chi connectivity index (χ0v) is 14.9. The number of nitrogens with zero attached hydrogens (tertiary/aromatic N) is 3. The Morgan fingerprint density at radius 1 is 1.22 bits per heavy atom. The van der Waals surface area contributed by atoms with Gasteiger partial charge in [0.15, 0.2) is 0 Å². The zero-order chi connectivity index (χ0) is 18.8. The van der Waals surface area contributed by atoms with Crippen molar-refractivity contribution in [3.63, 3.8) is 0 Å². The normalized spacial score (nSPS) is 12.6. The molecule has 0 bridgehead atoms. The summed E-state index contributed by atoms with van der Waals surface area (Å²) >= 11 is 0. The van der Waals surface area contributed by atoms with Crippen LogP contribution >= 0.6 is 0 Å². The molecule has 1 aliphatic heterocycles. The number of anilines is 4. The summed E-state index contributed by atoms with van der Waals surface area (Å²) in [5.74, 6) is 2.23. The minimum absolute atomic E-state index is 0.572. The fourth-order valence-corrected chi connectivity index (χ4v) is 3.22. The zero-order valence-electron chi connectivity index (χ0n) is 14.9. The molecular formula is C20H20N6O. The minimum Gasteiger partial charge on any atom is -0.496 e. The van der Waals surface area contributed by atoms with E-state index in [1.807, 2.05) is 30.3 Å². The third-order valence-electron chi connectivity index (χ3n) is 4.60. The van der Waals surface area contributed by atoms with Gasteiger partial charge < -0.3 is 26.1 Å². The van der Waals surface area contributed by atoms with Crippen LogP contribution in [0.15, 0.2) is 48.7 Å². The Morgan fingerprint density at radius 2 is 2.11 bits per heavy atom. The van der Waals surface area contributed by atoms with Crippen LogP contribution < -0.4 is 20.7 Å². The lowest BCUT2D eigenvalue weighted by Crippen LogP contribution is -2.18. The molecule has 2 heterocycles. The first-order valence-electron chi connectivity index (χ1n) is 8.57. The van der Waals surface area contributed by atoms with Crippen LogP contribution in [0.1, 0.15) is 16.7 Å². The highest BCUT2D eigenvalue weighted by Gasteiger charge is 2.24. The lowest BCUT2D eigenvalue weighted by atomic mass is 10.1. The first kappa shape index (κ1) is 16.8. The number of ether oxygens (including phenoxy) is 1. The maximum atomic E-state index is 7.43. The second kappa shape index (κ2) is 6.95. The second-order valence-corrected chi connectivity index (χ2v) is 6.31. The van der Waals surface area contributed by atoms with Crippen LogP contribution in [0, 0.1) is 5.41 Å². The molecule has 1 aromatic heterocycles. The van der Waals surface area contributed by atoms with Crippen LogP contribution in [0.5, 0.6) is 5.75 Å². The van der Waals surface area contributed by atoms with Gasteiger partial charge in [0.05, 0.1) is 13.7 Å². The van der Waals surface area contributed by atoms with Crippen molar-refractivity contribution in [1.29, 1.82) is 5.41 Å². The first-order chi connectivity index (χ1) is 13.2. The molecule has 0 unspecified atom stereocenters. The highest BCUT2D eigenvalue weighted by Crippen LogP contribution is 2.32. The van der Waals surface area contributed by atoms with E-state index in [1.165, 1.54) is 17.3 Å². The van der Waals surface area contributed by atoms with Crippen LogP contribution in [0.3, 0.4) is 0 Å². The van der Waals surface area contributed by atoms with E-state index in [1.54, 1.807) is 19.4 Å². The summed E-state index contributed by atoms with van der Waals surface area (Å²) in [7, 11) is 1.69. The van der Waals surface area contributed by atoms with Crippen molar-refractivity contribution in [2.24, 2.45) is 0 Å². The smallest absolute Gasteiger partial charge is 0.227 e. The van der Waals surface area contributed by atoms with Crippen molar-refractivity contribution in [3.05, 3.63) is 65.4 Å². The number of hydrogen-bond donors (Lipinski definition) is 3. The molecule has 2 aromatic carbocycles. The molecule has 4 N–H and O–H groups in total. The van der Waals surface area contributed by atoms with E-state index in [0.29, 0.717) is 29.6 Å². The quantitative estimate of drug-likeness (QED) is 0.477. The Hall–Kier alpha value is -3.61. The number of aromatic nitrogens is 2. The molecule has 0 saturated carbocycles. The summed E-state index contributed by atoms with van der Waals surface area (Å²) in [6, 6.07) is 13.3. The third-order valence-corrected chi connectivity index (χ3v) is 4.60. The Labute approximate surface area is 157 Å². The van der Waals surface area contributed by atoms with E-state index in [-0.39, 0.29) is 0 Å². The maximum absolute atomic E-state index is 7.43. The lowest BCUT2D eigenvalue weighted by molar-refractivity contribution is 0.410. The van der Waals surface area contributed by atoms with Gasteiger partial charge in [-0.2, -0.15) is 4.98 Å². The van der Waals surface area contributed by atoms with Gasteiger partial charge in [0, 0.05) is 41.5 Å². The lowest BCUT2D eigenvalue weighted by Gasteiger charge is -2.16. The van der Waals surface area contributed by atoms with E-state index in [9.17, 15) is 0 Å². The van der Waals surface area contributed by atoms with Gasteiger partial charge in [0.25, 0.3) is 0 Å². The Bertz CT molecular complexity index is 1000. The van der Waals surface area contributed by atoms with Gasteiger partial charge in [-0.05, 0) is 35.9 Å². The van der Waals surface area contributed by atoms with Gasteiger partial charge in [0.2, 0.25) is 5.95 Å². The predicted molar refractivity (Wildman–Crippen MR) is 107 cm³/mol. The molecule has 0 aliphatic carbocycles. The van der Waals surface area contributed by atoms with Crippen LogP contribution in [0.25, 0.3) is 0 Å². The van der Waals surface area contributed by atoms with E-state index < -0.39 is 0 Å². The van der Waals surface area contributed by atoms with Gasteiger partial charge in [-0.15, -0.1) is 0 Å². The first-order valence-corrected chi connectivity index (χ1v) is 8.57. The topological polar surface area (TPSA) is 100 Å². The van der Waals surface area contributed by atoms with Crippen molar-refractivity contribution in [1.82, 2.24) is 9.97 Å². The molecule has 4 rings (SSSR count). The molecule has 0 fully saturated rings. The standard InChI is InChI=1S/C20H20N6O/c1-27-18-4-2-3-13-11-26(12-16(13)18)20-23-8-7-19(25-20)24-15-5-6-17(22)14(9-15)10-21/h2-10,21H,11-12,22H2,1H3,(H,23,24,25). The number of rotatable bonds is 5. The highest BCUT2D eigenvalue weighted by atomic mass is 16.5. The molecule has 0 amide bonds. The Balaban J connectivity index is 1.56. The number of fused-ring (bicyclic) bond motifs is 1. The number of benzene rings is 2. The fourth-order valence-electron chi connectivity index (χ4n) is 3.22. The number of nitrogens with one attached hydrogen (secondary N) is 2. The number of hydrogen-bond acceptors (Lipinski definition) is 7. The van der Waals surface area contributed by atoms with Crippen LogP contribution in [-0.2, 0) is 13.1 Å². The second-order valence-electron chi connectivity index (χ2n) is 6.31. The Kier molecular flexibility index (Phi) is 4.33. The summed E-state index contributed by atoms with van der Waals surface area (Å²) in [4.78, 5) is 11.2. The minimum atomic E-state index is 0.572. The monoisotopic (exact) mass is 360 g/mol. The fraction of sp³-hybridized carbons (Fsp3) is 0.150. The maximum Gasteiger partial charge on any atom is 0.227 e. The molecule has 27 heavy (non-hydrogen) atoms. The van der Waals surface area contributed by atoms with Crippen LogP contribution in [0.4, 0.5) is 23.1 Å². The number of methoxy groups -OCH3 is 1. The van der Waals surface area contributed by atoms with E-state index >= 15 is 0 Å². The molecular weight excluding hydrogens is 340 g/mol. The summed E-state index contributed by atoms with van der Waals surface area (Å²) in [5.41, 5.74) is 10.3. The predicted octanol–water partition coefficient (Wildman–Crippen LogP) is 3.33. The average molecular weight is 360 g/mol. The summed E-state index contributed by atoms with van der Waals surface area (Å²) in [6.07, 6.45) is 2.97. The summed E-state index contributed by atoms with van der Waals surface area (Å²) < 4.78 is 5.47. The third kappa shape index (κ3) is 3.27. The van der Waals surface area contributed by atoms with Crippen LogP contribution in [0.2, 0.25) is 0 Å². The van der Waals surface area contributed by atoms with Crippen molar-refractivity contribution in [2.75, 3.05) is 23.1 Å². The SMILES string of the molecule is COc1cccc2c1CN(c1nccc(Nc3ccc(N)c(C=N)c3)n1)C2. The Morgan fingerprint density at radius 3 is 2.93 bits per heavy atom. The van der Waals surface area contributed by atoms with E-state index in [0.717, 1.165) is 18.0 Å². The molecule has 0 saturated heterocycles. The molecule has 1 aliphatic rings. The van der Waals surface area contributed by atoms with Crippen LogP contribution in [-0.4, -0.2) is 23.3 Å². The van der Waals surface area contributed by atoms with Crippen molar-refractivity contribution >= 4 is 29.4 Å². The summed E-state index contributed by atoms with van der Waals surface area (Å²) in [6.45, 7) is 1.46. The highest BCUT2D eigenvalue weighted by molar-refractivity contribution is 5.87. The van der Waals surface area contributed by atoms with Gasteiger partial charge in [-0.1, -0.05) is 12.1 Å². The van der Waals surface area contributed by atoms with Crippen molar-refractivity contribution < 1.29 is 4.74 Å².